The van der Waals surface area contributed by atoms with Crippen LogP contribution >= 0.6 is 11.6 Å². The molecule has 0 unspecified atom stereocenters. The van der Waals surface area contributed by atoms with E-state index in [-0.39, 0.29) is 11.5 Å². The zero-order valence-electron chi connectivity index (χ0n) is 17.0. The Balaban J connectivity index is 1.56. The number of aromatic nitrogens is 4. The van der Waals surface area contributed by atoms with E-state index in [0.717, 1.165) is 16.5 Å². The van der Waals surface area contributed by atoms with E-state index in [2.05, 4.69) is 15.1 Å². The lowest BCUT2D eigenvalue weighted by Crippen LogP contribution is -2.00. The molecule has 0 aliphatic heterocycles. The highest BCUT2D eigenvalue weighted by Gasteiger charge is 2.22. The molecule has 0 spiro atoms. The van der Waals surface area contributed by atoms with Gasteiger partial charge >= 0.3 is 0 Å². The van der Waals surface area contributed by atoms with Gasteiger partial charge < -0.3 is 13.8 Å². The summed E-state index contributed by atoms with van der Waals surface area (Å²) < 4.78 is 12.8. The fraction of sp³-hybridized carbons (Fsp3) is 0.0833. The molecule has 0 saturated heterocycles. The van der Waals surface area contributed by atoms with E-state index < -0.39 is 0 Å². The van der Waals surface area contributed by atoms with Gasteiger partial charge in [-0.15, -0.1) is 0 Å². The van der Waals surface area contributed by atoms with Gasteiger partial charge in [0.2, 0.25) is 11.5 Å². The maximum atomic E-state index is 13.4. The van der Waals surface area contributed by atoms with Crippen LogP contribution in [0.15, 0.2) is 77.8 Å². The fourth-order valence-electron chi connectivity index (χ4n) is 3.58. The van der Waals surface area contributed by atoms with Gasteiger partial charge in [-0.05, 0) is 42.0 Å². The number of benzene rings is 2. The minimum atomic E-state index is -0.272. The molecule has 5 aromatic rings. The largest absolute Gasteiger partial charge is 0.497 e. The summed E-state index contributed by atoms with van der Waals surface area (Å²) in [6.07, 6.45) is 4.85. The maximum absolute atomic E-state index is 13.4. The number of rotatable bonds is 6. The van der Waals surface area contributed by atoms with Crippen LogP contribution in [0, 0.1) is 0 Å². The molecule has 0 bridgehead atoms. The molecule has 0 amide bonds. The van der Waals surface area contributed by atoms with Gasteiger partial charge in [-0.3, -0.25) is 4.79 Å². The number of hydrogen-bond donors (Lipinski definition) is 0. The van der Waals surface area contributed by atoms with Crippen molar-refractivity contribution in [1.82, 2.24) is 19.7 Å². The Morgan fingerprint density at radius 3 is 2.69 bits per heavy atom. The van der Waals surface area contributed by atoms with Crippen molar-refractivity contribution < 1.29 is 14.1 Å². The molecule has 158 valence electrons. The zero-order chi connectivity index (χ0) is 22.1. The number of ketones is 1. The highest BCUT2D eigenvalue weighted by molar-refractivity contribution is 6.30. The van der Waals surface area contributed by atoms with E-state index >= 15 is 0 Å². The van der Waals surface area contributed by atoms with Gasteiger partial charge in [0.05, 0.1) is 18.4 Å². The van der Waals surface area contributed by atoms with E-state index in [0.29, 0.717) is 34.3 Å². The molecule has 3 heterocycles. The minimum absolute atomic E-state index is 0.131. The molecule has 0 radical (unpaired) electrons. The fourth-order valence-corrected chi connectivity index (χ4v) is 3.71. The van der Waals surface area contributed by atoms with E-state index in [1.54, 1.807) is 25.4 Å². The standard InChI is InChI=1S/C24H17ClN4O3/c1-31-17-6-7-22-18(10-17)19(13-29(22)12-15-2-4-16(25)5-3-15)24(30)23-11-21(28-32-23)20-8-9-26-14-27-20/h2-11,13-14H,12H2,1H3. The number of hydrogen-bond acceptors (Lipinski definition) is 6. The van der Waals surface area contributed by atoms with Crippen LogP contribution in [-0.2, 0) is 6.54 Å². The first-order valence-electron chi connectivity index (χ1n) is 9.81. The third-order valence-electron chi connectivity index (χ3n) is 5.18. The van der Waals surface area contributed by atoms with E-state index in [1.165, 1.54) is 6.33 Å². The molecule has 0 aliphatic carbocycles. The van der Waals surface area contributed by atoms with E-state index in [4.69, 9.17) is 20.9 Å². The first kappa shape index (κ1) is 20.0. The van der Waals surface area contributed by atoms with Crippen molar-refractivity contribution in [3.05, 3.63) is 95.2 Å². The molecule has 3 aromatic heterocycles. The Kier molecular flexibility index (Phi) is 5.17. The zero-order valence-corrected chi connectivity index (χ0v) is 17.8. The van der Waals surface area contributed by atoms with Crippen molar-refractivity contribution in [2.24, 2.45) is 0 Å². The Hall–Kier alpha value is -3.97. The quantitative estimate of drug-likeness (QED) is 0.342. The van der Waals surface area contributed by atoms with Crippen molar-refractivity contribution in [3.63, 3.8) is 0 Å². The molecular weight excluding hydrogens is 428 g/mol. The van der Waals surface area contributed by atoms with Crippen molar-refractivity contribution in [3.8, 4) is 17.1 Å². The molecule has 32 heavy (non-hydrogen) atoms. The summed E-state index contributed by atoms with van der Waals surface area (Å²) in [5, 5.41) is 5.44. The maximum Gasteiger partial charge on any atom is 0.233 e. The Morgan fingerprint density at radius 1 is 1.09 bits per heavy atom. The first-order valence-corrected chi connectivity index (χ1v) is 10.2. The number of methoxy groups -OCH3 is 1. The third-order valence-corrected chi connectivity index (χ3v) is 5.43. The smallest absolute Gasteiger partial charge is 0.233 e. The third kappa shape index (κ3) is 3.74. The topological polar surface area (TPSA) is 83.0 Å². The predicted octanol–water partition coefficient (Wildman–Crippen LogP) is 5.03. The number of nitrogens with zero attached hydrogens (tertiary/aromatic N) is 4. The SMILES string of the molecule is COc1ccc2c(c1)c(C(=O)c1cc(-c3ccncn3)no1)cn2Cc1ccc(Cl)cc1. The van der Waals surface area contributed by atoms with Crippen LogP contribution in [0.1, 0.15) is 21.7 Å². The van der Waals surface area contributed by atoms with E-state index in [1.807, 2.05) is 53.2 Å². The van der Waals surface area contributed by atoms with Crippen LogP contribution in [0.3, 0.4) is 0 Å². The van der Waals surface area contributed by atoms with E-state index in [9.17, 15) is 4.79 Å². The summed E-state index contributed by atoms with van der Waals surface area (Å²) in [7, 11) is 1.60. The summed E-state index contributed by atoms with van der Waals surface area (Å²) >= 11 is 6.01. The van der Waals surface area contributed by atoms with Crippen LogP contribution in [0.2, 0.25) is 5.02 Å². The number of ether oxygens (including phenoxy) is 1. The molecule has 2 aromatic carbocycles. The lowest BCUT2D eigenvalue weighted by Gasteiger charge is -2.06. The van der Waals surface area contributed by atoms with Gasteiger partial charge in [-0.2, -0.15) is 0 Å². The molecule has 0 N–H and O–H groups in total. The van der Waals surface area contributed by atoms with Crippen molar-refractivity contribution in [2.75, 3.05) is 7.11 Å². The van der Waals surface area contributed by atoms with Gasteiger partial charge in [0.1, 0.15) is 17.8 Å². The summed E-state index contributed by atoms with van der Waals surface area (Å²) in [6.45, 7) is 0.579. The Labute approximate surface area is 188 Å². The minimum Gasteiger partial charge on any atom is -0.497 e. The van der Waals surface area contributed by atoms with Crippen LogP contribution in [0.25, 0.3) is 22.3 Å². The second kappa shape index (κ2) is 8.28. The Bertz CT molecular complexity index is 1410. The summed E-state index contributed by atoms with van der Waals surface area (Å²) in [5.41, 5.74) is 3.51. The molecule has 5 rings (SSSR count). The molecule has 7 nitrogen and oxygen atoms in total. The molecule has 0 fully saturated rings. The predicted molar refractivity (Wildman–Crippen MR) is 120 cm³/mol. The van der Waals surface area contributed by atoms with Gasteiger partial charge in [-0.1, -0.05) is 28.9 Å². The van der Waals surface area contributed by atoms with Gasteiger partial charge in [-0.25, -0.2) is 9.97 Å². The second-order valence-corrected chi connectivity index (χ2v) is 7.62. The van der Waals surface area contributed by atoms with Gasteiger partial charge in [0, 0.05) is 40.9 Å². The molecular formula is C24H17ClN4O3. The lowest BCUT2D eigenvalue weighted by molar-refractivity contribution is 0.100. The average molecular weight is 445 g/mol. The van der Waals surface area contributed by atoms with Crippen molar-refractivity contribution in [1.29, 1.82) is 0 Å². The molecule has 0 aliphatic rings. The second-order valence-electron chi connectivity index (χ2n) is 7.18. The number of fused-ring (bicyclic) bond motifs is 1. The molecule has 0 atom stereocenters. The monoisotopic (exact) mass is 444 g/mol. The summed E-state index contributed by atoms with van der Waals surface area (Å²) in [5.74, 6) is 0.521. The van der Waals surface area contributed by atoms with Crippen molar-refractivity contribution in [2.45, 2.75) is 6.54 Å². The first-order chi connectivity index (χ1) is 15.6. The average Bonchev–Trinajstić information content (AvgIpc) is 3.46. The highest BCUT2D eigenvalue weighted by Crippen LogP contribution is 2.29. The molecule has 0 saturated carbocycles. The van der Waals surface area contributed by atoms with Crippen LogP contribution in [0.5, 0.6) is 5.75 Å². The number of halogens is 1. The summed E-state index contributed by atoms with van der Waals surface area (Å²) in [4.78, 5) is 21.4. The Morgan fingerprint density at radius 2 is 1.94 bits per heavy atom. The number of carbonyl (C=O) groups excluding carboxylic acids is 1. The van der Waals surface area contributed by atoms with Crippen molar-refractivity contribution >= 4 is 28.3 Å². The van der Waals surface area contributed by atoms with Crippen LogP contribution in [-0.4, -0.2) is 32.6 Å². The lowest BCUT2D eigenvalue weighted by atomic mass is 10.1. The highest BCUT2D eigenvalue weighted by atomic mass is 35.5. The van der Waals surface area contributed by atoms with Gasteiger partial charge in [0.25, 0.3) is 0 Å². The number of carbonyl (C=O) groups is 1. The molecule has 8 heteroatoms. The van der Waals surface area contributed by atoms with Crippen LogP contribution in [0.4, 0.5) is 0 Å². The van der Waals surface area contributed by atoms with Gasteiger partial charge in [0.15, 0.2) is 0 Å². The normalized spacial score (nSPS) is 11.1. The summed E-state index contributed by atoms with van der Waals surface area (Å²) in [6, 6.07) is 16.6. The van der Waals surface area contributed by atoms with Crippen LogP contribution < -0.4 is 4.74 Å².